The fraction of sp³-hybridized carbons (Fsp3) is 0.455. The Hall–Kier alpha value is -1.26. The summed E-state index contributed by atoms with van der Waals surface area (Å²) >= 11 is 0. The lowest BCUT2D eigenvalue weighted by molar-refractivity contribution is 0.235. The molecule has 0 spiro atoms. The molecule has 0 amide bonds. The van der Waals surface area contributed by atoms with Gasteiger partial charge in [-0.3, -0.25) is 0 Å². The molecule has 0 aromatic heterocycles. The first-order chi connectivity index (χ1) is 7.29. The standard InChI is InChI=1S/C11H16N2O2/c14-8-9-7-13(6-5-12-9)10-1-3-11(15)4-2-10/h1-4,9,12,14-15H,5-8H2. The fourth-order valence-corrected chi connectivity index (χ4v) is 1.85. The highest BCUT2D eigenvalue weighted by Crippen LogP contribution is 2.19. The Balaban J connectivity index is 2.06. The Kier molecular flexibility index (Phi) is 3.08. The zero-order valence-electron chi connectivity index (χ0n) is 8.56. The van der Waals surface area contributed by atoms with Crippen LogP contribution in [0.25, 0.3) is 0 Å². The number of nitrogens with one attached hydrogen (secondary N) is 1. The minimum absolute atomic E-state index is 0.146. The van der Waals surface area contributed by atoms with E-state index in [-0.39, 0.29) is 18.4 Å². The van der Waals surface area contributed by atoms with Crippen LogP contribution in [0.2, 0.25) is 0 Å². The maximum Gasteiger partial charge on any atom is 0.115 e. The van der Waals surface area contributed by atoms with Crippen molar-refractivity contribution in [2.45, 2.75) is 6.04 Å². The van der Waals surface area contributed by atoms with Crippen molar-refractivity contribution in [2.75, 3.05) is 31.1 Å². The highest BCUT2D eigenvalue weighted by atomic mass is 16.3. The fourth-order valence-electron chi connectivity index (χ4n) is 1.85. The highest BCUT2D eigenvalue weighted by molar-refractivity contribution is 5.49. The Labute approximate surface area is 89.1 Å². The van der Waals surface area contributed by atoms with Crippen LogP contribution in [0.4, 0.5) is 5.69 Å². The molecule has 1 fully saturated rings. The molecule has 4 nitrogen and oxygen atoms in total. The van der Waals surface area contributed by atoms with Crippen molar-refractivity contribution in [3.8, 4) is 5.75 Å². The molecule has 1 saturated heterocycles. The minimum atomic E-state index is 0.146. The monoisotopic (exact) mass is 208 g/mol. The van der Waals surface area contributed by atoms with Gasteiger partial charge >= 0.3 is 0 Å². The van der Waals surface area contributed by atoms with Crippen molar-refractivity contribution >= 4 is 5.69 Å². The number of hydrogen-bond donors (Lipinski definition) is 3. The van der Waals surface area contributed by atoms with Crippen LogP contribution in [0.1, 0.15) is 0 Å². The van der Waals surface area contributed by atoms with E-state index >= 15 is 0 Å². The number of aliphatic hydroxyl groups is 1. The van der Waals surface area contributed by atoms with Crippen LogP contribution >= 0.6 is 0 Å². The summed E-state index contributed by atoms with van der Waals surface area (Å²) in [6.45, 7) is 2.78. The Morgan fingerprint density at radius 1 is 1.33 bits per heavy atom. The first-order valence-electron chi connectivity index (χ1n) is 5.18. The summed E-state index contributed by atoms with van der Waals surface area (Å²) in [5.74, 6) is 0.285. The molecule has 1 aliphatic rings. The van der Waals surface area contributed by atoms with Crippen molar-refractivity contribution in [3.05, 3.63) is 24.3 Å². The summed E-state index contributed by atoms with van der Waals surface area (Å²) in [5, 5.41) is 21.5. The Bertz CT molecular complexity index is 313. The van der Waals surface area contributed by atoms with Gasteiger partial charge in [0.2, 0.25) is 0 Å². The van der Waals surface area contributed by atoms with Gasteiger partial charge in [0.25, 0.3) is 0 Å². The molecule has 2 rings (SSSR count). The summed E-state index contributed by atoms with van der Waals surface area (Å²) in [6, 6.07) is 7.31. The third kappa shape index (κ3) is 2.40. The largest absolute Gasteiger partial charge is 0.508 e. The number of nitrogens with zero attached hydrogens (tertiary/aromatic N) is 1. The van der Waals surface area contributed by atoms with Crippen LogP contribution < -0.4 is 10.2 Å². The summed E-state index contributed by atoms with van der Waals surface area (Å²) in [7, 11) is 0. The van der Waals surface area contributed by atoms with Gasteiger partial charge < -0.3 is 20.4 Å². The topological polar surface area (TPSA) is 55.7 Å². The first-order valence-corrected chi connectivity index (χ1v) is 5.18. The molecule has 4 heteroatoms. The van der Waals surface area contributed by atoms with Crippen molar-refractivity contribution in [1.82, 2.24) is 5.32 Å². The molecule has 0 bridgehead atoms. The lowest BCUT2D eigenvalue weighted by atomic mass is 10.2. The second-order valence-corrected chi connectivity index (χ2v) is 3.80. The van der Waals surface area contributed by atoms with Crippen LogP contribution in [-0.4, -0.2) is 42.5 Å². The smallest absolute Gasteiger partial charge is 0.115 e. The number of phenolic OH excluding ortho intramolecular Hbond substituents is 1. The van der Waals surface area contributed by atoms with Crippen LogP contribution in [0.5, 0.6) is 5.75 Å². The first kappa shape index (κ1) is 10.3. The molecular formula is C11H16N2O2. The molecule has 1 aromatic carbocycles. The van der Waals surface area contributed by atoms with Crippen molar-refractivity contribution < 1.29 is 10.2 Å². The Morgan fingerprint density at radius 2 is 2.07 bits per heavy atom. The second kappa shape index (κ2) is 4.51. The van der Waals surface area contributed by atoms with Crippen molar-refractivity contribution in [3.63, 3.8) is 0 Å². The summed E-state index contributed by atoms with van der Waals surface area (Å²) in [5.41, 5.74) is 1.09. The average Bonchev–Trinajstić information content (AvgIpc) is 2.30. The van der Waals surface area contributed by atoms with E-state index in [4.69, 9.17) is 5.11 Å². The van der Waals surface area contributed by atoms with E-state index in [0.29, 0.717) is 0 Å². The quantitative estimate of drug-likeness (QED) is 0.648. The van der Waals surface area contributed by atoms with Gasteiger partial charge in [0.1, 0.15) is 5.75 Å². The molecule has 0 aliphatic carbocycles. The minimum Gasteiger partial charge on any atom is -0.508 e. The number of hydrogen-bond acceptors (Lipinski definition) is 4. The third-order valence-electron chi connectivity index (χ3n) is 2.69. The van der Waals surface area contributed by atoms with E-state index in [0.717, 1.165) is 25.3 Å². The molecule has 82 valence electrons. The SMILES string of the molecule is OCC1CN(c2ccc(O)cc2)CCN1. The Morgan fingerprint density at radius 3 is 2.73 bits per heavy atom. The maximum atomic E-state index is 9.18. The van der Waals surface area contributed by atoms with E-state index in [9.17, 15) is 5.11 Å². The molecule has 1 aliphatic heterocycles. The van der Waals surface area contributed by atoms with E-state index < -0.39 is 0 Å². The van der Waals surface area contributed by atoms with E-state index in [1.807, 2.05) is 12.1 Å². The average molecular weight is 208 g/mol. The summed E-state index contributed by atoms with van der Waals surface area (Å²) in [4.78, 5) is 2.21. The van der Waals surface area contributed by atoms with Gasteiger partial charge in [-0.25, -0.2) is 0 Å². The normalized spacial score (nSPS) is 21.7. The molecule has 15 heavy (non-hydrogen) atoms. The third-order valence-corrected chi connectivity index (χ3v) is 2.69. The van der Waals surface area contributed by atoms with Gasteiger partial charge in [0.05, 0.1) is 6.61 Å². The number of rotatable bonds is 2. The molecule has 1 atom stereocenters. The van der Waals surface area contributed by atoms with Crippen LogP contribution in [-0.2, 0) is 0 Å². The van der Waals surface area contributed by atoms with Crippen LogP contribution in [0.3, 0.4) is 0 Å². The van der Waals surface area contributed by atoms with Gasteiger partial charge in [-0.05, 0) is 24.3 Å². The maximum absolute atomic E-state index is 9.18. The number of aromatic hydroxyl groups is 1. The molecule has 1 aromatic rings. The number of anilines is 1. The van der Waals surface area contributed by atoms with Gasteiger partial charge in [-0.2, -0.15) is 0 Å². The van der Waals surface area contributed by atoms with Gasteiger partial charge in [0.15, 0.2) is 0 Å². The van der Waals surface area contributed by atoms with Crippen LogP contribution in [0, 0.1) is 0 Å². The predicted molar refractivity (Wildman–Crippen MR) is 59.2 cm³/mol. The summed E-state index contributed by atoms with van der Waals surface area (Å²) in [6.07, 6.45) is 0. The molecule has 1 unspecified atom stereocenters. The molecule has 0 radical (unpaired) electrons. The van der Waals surface area contributed by atoms with E-state index in [2.05, 4.69) is 10.2 Å². The zero-order valence-corrected chi connectivity index (χ0v) is 8.56. The van der Waals surface area contributed by atoms with Gasteiger partial charge in [-0.15, -0.1) is 0 Å². The molecule has 3 N–H and O–H groups in total. The van der Waals surface area contributed by atoms with E-state index in [1.54, 1.807) is 12.1 Å². The predicted octanol–water partition coefficient (Wildman–Crippen LogP) is 0.163. The molecule has 1 heterocycles. The number of aliphatic hydroxyl groups excluding tert-OH is 1. The number of piperazine rings is 1. The lowest BCUT2D eigenvalue weighted by Crippen LogP contribution is -2.52. The molecule has 0 saturated carbocycles. The number of benzene rings is 1. The van der Waals surface area contributed by atoms with Crippen molar-refractivity contribution in [1.29, 1.82) is 0 Å². The zero-order chi connectivity index (χ0) is 10.7. The van der Waals surface area contributed by atoms with Gasteiger partial charge in [-0.1, -0.05) is 0 Å². The lowest BCUT2D eigenvalue weighted by Gasteiger charge is -2.34. The molecular weight excluding hydrogens is 192 g/mol. The number of phenols is 1. The van der Waals surface area contributed by atoms with Crippen molar-refractivity contribution in [2.24, 2.45) is 0 Å². The van der Waals surface area contributed by atoms with E-state index in [1.165, 1.54) is 0 Å². The second-order valence-electron chi connectivity index (χ2n) is 3.80. The summed E-state index contributed by atoms with van der Waals surface area (Å²) < 4.78 is 0. The van der Waals surface area contributed by atoms with Crippen LogP contribution in [0.15, 0.2) is 24.3 Å². The highest BCUT2D eigenvalue weighted by Gasteiger charge is 2.18. The van der Waals surface area contributed by atoms with Gasteiger partial charge in [0, 0.05) is 31.4 Å².